The van der Waals surface area contributed by atoms with E-state index >= 15 is 0 Å². The Kier molecular flexibility index (Phi) is 4.48. The van der Waals surface area contributed by atoms with E-state index in [1.807, 2.05) is 0 Å². The van der Waals surface area contributed by atoms with Gasteiger partial charge in [-0.25, -0.2) is 0 Å². The first-order chi connectivity index (χ1) is 8.20. The molecule has 2 saturated carbocycles. The van der Waals surface area contributed by atoms with E-state index in [9.17, 15) is 0 Å². The Bertz CT molecular complexity index is 237. The summed E-state index contributed by atoms with van der Waals surface area (Å²) in [5.41, 5.74) is 0.370. The summed E-state index contributed by atoms with van der Waals surface area (Å²) in [6.07, 6.45) is 8.70. The van der Waals surface area contributed by atoms with Crippen LogP contribution in [0.25, 0.3) is 0 Å². The largest absolute Gasteiger partial charge is 0.378 e. The van der Waals surface area contributed by atoms with Crippen LogP contribution in [0.5, 0.6) is 0 Å². The molecule has 0 radical (unpaired) electrons. The summed E-state index contributed by atoms with van der Waals surface area (Å²) in [6, 6.07) is 0.685. The van der Waals surface area contributed by atoms with E-state index in [2.05, 4.69) is 26.1 Å². The van der Waals surface area contributed by atoms with E-state index in [-0.39, 0.29) is 0 Å². The van der Waals surface area contributed by atoms with Crippen molar-refractivity contribution in [3.63, 3.8) is 0 Å². The second-order valence-corrected chi connectivity index (χ2v) is 6.15. The van der Waals surface area contributed by atoms with Crippen LogP contribution < -0.4 is 5.32 Å². The maximum atomic E-state index is 5.85. The summed E-state index contributed by atoms with van der Waals surface area (Å²) < 4.78 is 5.85. The zero-order chi connectivity index (χ0) is 12.3. The Balaban J connectivity index is 1.77. The van der Waals surface area contributed by atoms with Gasteiger partial charge in [-0.1, -0.05) is 26.7 Å². The number of rotatable bonds is 6. The first-order valence-electron chi connectivity index (χ1n) is 7.55. The smallest absolute Gasteiger partial charge is 0.0658 e. The zero-order valence-corrected chi connectivity index (χ0v) is 11.8. The van der Waals surface area contributed by atoms with Crippen molar-refractivity contribution in [2.75, 3.05) is 13.2 Å². The van der Waals surface area contributed by atoms with Gasteiger partial charge in [0.1, 0.15) is 0 Å². The fourth-order valence-electron chi connectivity index (χ4n) is 3.59. The highest BCUT2D eigenvalue weighted by Crippen LogP contribution is 2.46. The van der Waals surface area contributed by atoms with E-state index in [0.717, 1.165) is 12.5 Å². The van der Waals surface area contributed by atoms with Gasteiger partial charge in [0, 0.05) is 18.1 Å². The Hall–Kier alpha value is -0.0800. The lowest BCUT2D eigenvalue weighted by molar-refractivity contribution is -0.126. The molecule has 0 aromatic carbocycles. The Morgan fingerprint density at radius 1 is 1.24 bits per heavy atom. The average molecular weight is 239 g/mol. The minimum Gasteiger partial charge on any atom is -0.378 e. The summed E-state index contributed by atoms with van der Waals surface area (Å²) in [5, 5.41) is 3.81. The van der Waals surface area contributed by atoms with Gasteiger partial charge in [0.15, 0.2) is 0 Å². The molecule has 100 valence electrons. The van der Waals surface area contributed by atoms with E-state index in [4.69, 9.17) is 4.74 Å². The SMILES string of the molecule is CCOC1CC(NCC2CCCC2)C1(C)CC. The molecule has 2 aliphatic carbocycles. The summed E-state index contributed by atoms with van der Waals surface area (Å²) in [7, 11) is 0. The molecule has 2 fully saturated rings. The standard InChI is InChI=1S/C15H29NO/c1-4-15(3)13(10-14(15)17-5-2)16-11-12-8-6-7-9-12/h12-14,16H,4-11H2,1-3H3. The van der Waals surface area contributed by atoms with E-state index < -0.39 is 0 Å². The van der Waals surface area contributed by atoms with Gasteiger partial charge < -0.3 is 10.1 Å². The molecule has 0 aromatic rings. The molecule has 1 N–H and O–H groups in total. The second kappa shape index (κ2) is 5.71. The Morgan fingerprint density at radius 2 is 1.94 bits per heavy atom. The van der Waals surface area contributed by atoms with E-state index in [1.165, 1.54) is 45.1 Å². The number of nitrogens with one attached hydrogen (secondary N) is 1. The minimum absolute atomic E-state index is 0.370. The van der Waals surface area contributed by atoms with Gasteiger partial charge in [-0.2, -0.15) is 0 Å². The van der Waals surface area contributed by atoms with Crippen LogP contribution in [0, 0.1) is 11.3 Å². The average Bonchev–Trinajstić information content (AvgIpc) is 2.84. The normalized spacial score (nSPS) is 38.3. The molecule has 2 aliphatic rings. The van der Waals surface area contributed by atoms with Crippen molar-refractivity contribution in [3.05, 3.63) is 0 Å². The lowest BCUT2D eigenvalue weighted by Gasteiger charge is -2.54. The second-order valence-electron chi connectivity index (χ2n) is 6.15. The van der Waals surface area contributed by atoms with Crippen LogP contribution in [-0.4, -0.2) is 25.3 Å². The van der Waals surface area contributed by atoms with Crippen molar-refractivity contribution in [1.82, 2.24) is 5.32 Å². The maximum absolute atomic E-state index is 5.85. The third-order valence-electron chi connectivity index (χ3n) is 5.24. The Morgan fingerprint density at radius 3 is 2.53 bits per heavy atom. The van der Waals surface area contributed by atoms with Crippen LogP contribution in [0.2, 0.25) is 0 Å². The van der Waals surface area contributed by atoms with Crippen molar-refractivity contribution in [2.24, 2.45) is 11.3 Å². The monoisotopic (exact) mass is 239 g/mol. The fraction of sp³-hybridized carbons (Fsp3) is 1.00. The number of ether oxygens (including phenoxy) is 1. The summed E-state index contributed by atoms with van der Waals surface area (Å²) >= 11 is 0. The lowest BCUT2D eigenvalue weighted by Crippen LogP contribution is -2.62. The van der Waals surface area contributed by atoms with E-state index in [0.29, 0.717) is 17.6 Å². The molecule has 0 bridgehead atoms. The third kappa shape index (κ3) is 2.68. The lowest BCUT2D eigenvalue weighted by atomic mass is 9.61. The highest BCUT2D eigenvalue weighted by atomic mass is 16.5. The molecule has 0 heterocycles. The molecule has 0 aliphatic heterocycles. The topological polar surface area (TPSA) is 21.3 Å². The minimum atomic E-state index is 0.370. The molecular formula is C15H29NO. The molecule has 2 heteroatoms. The molecule has 17 heavy (non-hydrogen) atoms. The Labute approximate surface area is 107 Å². The van der Waals surface area contributed by atoms with Crippen LogP contribution in [0.15, 0.2) is 0 Å². The van der Waals surface area contributed by atoms with Gasteiger partial charge >= 0.3 is 0 Å². The molecule has 0 aromatic heterocycles. The van der Waals surface area contributed by atoms with Crippen molar-refractivity contribution >= 4 is 0 Å². The van der Waals surface area contributed by atoms with Gasteiger partial charge in [-0.3, -0.25) is 0 Å². The first-order valence-corrected chi connectivity index (χ1v) is 7.55. The highest BCUT2D eigenvalue weighted by Gasteiger charge is 2.50. The summed E-state index contributed by atoms with van der Waals surface area (Å²) in [4.78, 5) is 0. The maximum Gasteiger partial charge on any atom is 0.0658 e. The van der Waals surface area contributed by atoms with Crippen LogP contribution in [0.4, 0.5) is 0 Å². The van der Waals surface area contributed by atoms with Crippen LogP contribution in [-0.2, 0) is 4.74 Å². The van der Waals surface area contributed by atoms with Crippen molar-refractivity contribution in [1.29, 1.82) is 0 Å². The predicted octanol–water partition coefficient (Wildman–Crippen LogP) is 3.36. The van der Waals surface area contributed by atoms with Gasteiger partial charge in [0.2, 0.25) is 0 Å². The van der Waals surface area contributed by atoms with Gasteiger partial charge in [-0.05, 0) is 45.1 Å². The van der Waals surface area contributed by atoms with Crippen molar-refractivity contribution < 1.29 is 4.74 Å². The van der Waals surface area contributed by atoms with Crippen LogP contribution >= 0.6 is 0 Å². The molecule has 3 unspecified atom stereocenters. The molecule has 2 nitrogen and oxygen atoms in total. The van der Waals surface area contributed by atoms with Crippen LogP contribution in [0.3, 0.4) is 0 Å². The fourth-order valence-corrected chi connectivity index (χ4v) is 3.59. The van der Waals surface area contributed by atoms with Gasteiger partial charge in [0.25, 0.3) is 0 Å². The molecule has 2 rings (SSSR count). The highest BCUT2D eigenvalue weighted by molar-refractivity contribution is 5.04. The predicted molar refractivity (Wildman–Crippen MR) is 72.2 cm³/mol. The first kappa shape index (κ1) is 13.4. The molecular weight excluding hydrogens is 210 g/mol. The number of hydrogen-bond acceptors (Lipinski definition) is 2. The molecule has 0 saturated heterocycles. The van der Waals surface area contributed by atoms with Gasteiger partial charge in [0.05, 0.1) is 6.10 Å². The molecule has 0 spiro atoms. The zero-order valence-electron chi connectivity index (χ0n) is 11.8. The summed E-state index contributed by atoms with van der Waals surface area (Å²) in [5.74, 6) is 0.947. The van der Waals surface area contributed by atoms with Gasteiger partial charge in [-0.15, -0.1) is 0 Å². The molecule has 3 atom stereocenters. The molecule has 0 amide bonds. The number of hydrogen-bond donors (Lipinski definition) is 1. The summed E-state index contributed by atoms with van der Waals surface area (Å²) in [6.45, 7) is 8.89. The van der Waals surface area contributed by atoms with E-state index in [1.54, 1.807) is 0 Å². The quantitative estimate of drug-likeness (QED) is 0.767. The van der Waals surface area contributed by atoms with Crippen molar-refractivity contribution in [3.8, 4) is 0 Å². The van der Waals surface area contributed by atoms with Crippen molar-refractivity contribution in [2.45, 2.75) is 71.4 Å². The van der Waals surface area contributed by atoms with Crippen LogP contribution in [0.1, 0.15) is 59.3 Å². The third-order valence-corrected chi connectivity index (χ3v) is 5.24.